The number of ether oxygens (including phenoxy) is 1. The van der Waals surface area contributed by atoms with Crippen molar-refractivity contribution in [2.75, 3.05) is 7.11 Å². The Balaban J connectivity index is 2.15. The number of methoxy groups -OCH3 is 1. The molecule has 0 saturated heterocycles. The number of carbonyl (C=O) groups excluding carboxylic acids is 1. The molecule has 0 aliphatic heterocycles. The summed E-state index contributed by atoms with van der Waals surface area (Å²) in [7, 11) is 1.47. The zero-order valence-corrected chi connectivity index (χ0v) is 11.8. The van der Waals surface area contributed by atoms with Gasteiger partial charge < -0.3 is 14.9 Å². The fourth-order valence-corrected chi connectivity index (χ4v) is 1.85. The maximum absolute atomic E-state index is 12.0. The average molecular weight is 298 g/mol. The van der Waals surface area contributed by atoms with Gasteiger partial charge in [0.1, 0.15) is 11.5 Å². The third-order valence-corrected chi connectivity index (χ3v) is 3.06. The number of phenolic OH excluding ortho intramolecular Hbond substituents is 1. The first-order valence-electron chi connectivity index (χ1n) is 6.44. The summed E-state index contributed by atoms with van der Waals surface area (Å²) < 4.78 is 4.95. The van der Waals surface area contributed by atoms with Gasteiger partial charge in [-0.2, -0.15) is 0 Å². The molecule has 0 heterocycles. The molecule has 0 fully saturated rings. The van der Waals surface area contributed by atoms with Gasteiger partial charge in [0, 0.05) is 6.07 Å². The Kier molecular flexibility index (Phi) is 4.58. The van der Waals surface area contributed by atoms with Crippen LogP contribution in [0, 0.1) is 0 Å². The van der Waals surface area contributed by atoms with Gasteiger partial charge >= 0.3 is 5.97 Å². The van der Waals surface area contributed by atoms with Gasteiger partial charge in [0.25, 0.3) is 0 Å². The molecule has 0 bridgehead atoms. The predicted octanol–water partition coefficient (Wildman–Crippen LogP) is 3.00. The summed E-state index contributed by atoms with van der Waals surface area (Å²) in [5, 5.41) is 18.6. The van der Waals surface area contributed by atoms with E-state index in [1.165, 1.54) is 37.5 Å². The molecule has 0 radical (unpaired) electrons. The highest BCUT2D eigenvalue weighted by atomic mass is 16.5. The molecule has 2 aromatic rings. The second-order valence-corrected chi connectivity index (χ2v) is 4.51. The fourth-order valence-electron chi connectivity index (χ4n) is 1.85. The first kappa shape index (κ1) is 15.3. The second-order valence-electron chi connectivity index (χ2n) is 4.51. The molecule has 22 heavy (non-hydrogen) atoms. The molecule has 0 saturated carbocycles. The van der Waals surface area contributed by atoms with Crippen molar-refractivity contribution in [3.63, 3.8) is 0 Å². The number of aromatic carboxylic acids is 1. The number of aromatic hydroxyl groups is 1. The predicted molar refractivity (Wildman–Crippen MR) is 81.4 cm³/mol. The third-order valence-electron chi connectivity index (χ3n) is 3.06. The van der Waals surface area contributed by atoms with Crippen LogP contribution >= 0.6 is 0 Å². The molecular formula is C17H14O5. The molecule has 112 valence electrons. The first-order valence-corrected chi connectivity index (χ1v) is 6.44. The zero-order chi connectivity index (χ0) is 16.1. The van der Waals surface area contributed by atoms with Crippen LogP contribution in [0.1, 0.15) is 26.3 Å². The van der Waals surface area contributed by atoms with Crippen LogP contribution in [0.4, 0.5) is 0 Å². The summed E-state index contributed by atoms with van der Waals surface area (Å²) in [4.78, 5) is 22.8. The molecule has 2 rings (SSSR count). The summed E-state index contributed by atoms with van der Waals surface area (Å²) in [6.45, 7) is 0. The molecule has 0 aliphatic carbocycles. The molecule has 5 nitrogen and oxygen atoms in total. The van der Waals surface area contributed by atoms with Crippen molar-refractivity contribution in [2.45, 2.75) is 0 Å². The highest BCUT2D eigenvalue weighted by Gasteiger charge is 2.09. The van der Waals surface area contributed by atoms with Crippen molar-refractivity contribution in [1.29, 1.82) is 0 Å². The number of allylic oxidation sites excluding steroid dienone is 1. The van der Waals surface area contributed by atoms with Gasteiger partial charge in [-0.15, -0.1) is 0 Å². The van der Waals surface area contributed by atoms with E-state index >= 15 is 0 Å². The second kappa shape index (κ2) is 6.58. The molecule has 0 amide bonds. The summed E-state index contributed by atoms with van der Waals surface area (Å²) in [5.41, 5.74) is 1.03. The van der Waals surface area contributed by atoms with Crippen molar-refractivity contribution < 1.29 is 24.5 Å². The van der Waals surface area contributed by atoms with Crippen molar-refractivity contribution in [2.24, 2.45) is 0 Å². The number of carbonyl (C=O) groups is 2. The lowest BCUT2D eigenvalue weighted by atomic mass is 10.1. The van der Waals surface area contributed by atoms with Gasteiger partial charge in [0.2, 0.25) is 0 Å². The summed E-state index contributed by atoms with van der Waals surface area (Å²) >= 11 is 0. The van der Waals surface area contributed by atoms with E-state index in [2.05, 4.69) is 0 Å². The fraction of sp³-hybridized carbons (Fsp3) is 0.0588. The van der Waals surface area contributed by atoms with E-state index in [1.807, 2.05) is 0 Å². The van der Waals surface area contributed by atoms with Gasteiger partial charge in [-0.05, 0) is 35.9 Å². The molecule has 2 aromatic carbocycles. The van der Waals surface area contributed by atoms with Crippen LogP contribution in [0.3, 0.4) is 0 Å². The number of hydrogen-bond donors (Lipinski definition) is 2. The number of carboxylic acids is 1. The number of phenols is 1. The monoisotopic (exact) mass is 298 g/mol. The van der Waals surface area contributed by atoms with Crippen molar-refractivity contribution in [1.82, 2.24) is 0 Å². The van der Waals surface area contributed by atoms with E-state index in [9.17, 15) is 14.7 Å². The molecule has 2 N–H and O–H groups in total. The molecule has 0 aliphatic rings. The zero-order valence-electron chi connectivity index (χ0n) is 11.8. The molecule has 0 spiro atoms. The topological polar surface area (TPSA) is 83.8 Å². The van der Waals surface area contributed by atoms with Crippen LogP contribution in [0.15, 0.2) is 48.5 Å². The van der Waals surface area contributed by atoms with Gasteiger partial charge in [0.05, 0.1) is 18.2 Å². The highest BCUT2D eigenvalue weighted by molar-refractivity contribution is 6.08. The molecular weight excluding hydrogens is 284 g/mol. The number of carboxylic acid groups (broad SMARTS) is 1. The standard InChI is InChI=1S/C17H14O5/c1-22-13-7-8-14(16(19)10-13)15(18)9-4-11-2-5-12(6-3-11)17(20)21/h2-10,19H,1H3,(H,20,21)/b9-4+. The van der Waals surface area contributed by atoms with Gasteiger partial charge in [-0.1, -0.05) is 18.2 Å². The first-order chi connectivity index (χ1) is 10.5. The Labute approximate surface area is 127 Å². The highest BCUT2D eigenvalue weighted by Crippen LogP contribution is 2.24. The Morgan fingerprint density at radius 3 is 2.32 bits per heavy atom. The van der Waals surface area contributed by atoms with Gasteiger partial charge in [-0.3, -0.25) is 4.79 Å². The Hall–Kier alpha value is -3.08. The van der Waals surface area contributed by atoms with E-state index < -0.39 is 5.97 Å². The number of ketones is 1. The van der Waals surface area contributed by atoms with Crippen LogP contribution in [-0.4, -0.2) is 29.1 Å². The van der Waals surface area contributed by atoms with E-state index in [1.54, 1.807) is 24.3 Å². The summed E-state index contributed by atoms with van der Waals surface area (Å²) in [6.07, 6.45) is 2.87. The Morgan fingerprint density at radius 2 is 1.77 bits per heavy atom. The van der Waals surface area contributed by atoms with Gasteiger partial charge in [-0.25, -0.2) is 4.79 Å². The van der Waals surface area contributed by atoms with Crippen molar-refractivity contribution in [3.05, 3.63) is 65.2 Å². The largest absolute Gasteiger partial charge is 0.507 e. The van der Waals surface area contributed by atoms with E-state index in [0.717, 1.165) is 0 Å². The quantitative estimate of drug-likeness (QED) is 0.655. The average Bonchev–Trinajstić information content (AvgIpc) is 2.52. The molecule has 0 atom stereocenters. The maximum Gasteiger partial charge on any atom is 0.335 e. The minimum atomic E-state index is -1.00. The summed E-state index contributed by atoms with van der Waals surface area (Å²) in [5.74, 6) is -1.06. The SMILES string of the molecule is COc1ccc(C(=O)/C=C/c2ccc(C(=O)O)cc2)c(O)c1. The lowest BCUT2D eigenvalue weighted by molar-refractivity contribution is 0.0696. The minimum absolute atomic E-state index is 0.157. The van der Waals surface area contributed by atoms with Crippen LogP contribution < -0.4 is 4.74 Å². The molecule has 5 heteroatoms. The Morgan fingerprint density at radius 1 is 1.09 bits per heavy atom. The van der Waals surface area contributed by atoms with E-state index in [4.69, 9.17) is 9.84 Å². The van der Waals surface area contributed by atoms with Crippen LogP contribution in [0.25, 0.3) is 6.08 Å². The molecule has 0 unspecified atom stereocenters. The van der Waals surface area contributed by atoms with E-state index in [-0.39, 0.29) is 22.7 Å². The van der Waals surface area contributed by atoms with E-state index in [0.29, 0.717) is 11.3 Å². The third kappa shape index (κ3) is 3.52. The Bertz CT molecular complexity index is 729. The normalized spacial score (nSPS) is 10.6. The lowest BCUT2D eigenvalue weighted by Crippen LogP contribution is -1.96. The number of rotatable bonds is 5. The minimum Gasteiger partial charge on any atom is -0.507 e. The van der Waals surface area contributed by atoms with Crippen LogP contribution in [0.2, 0.25) is 0 Å². The summed E-state index contributed by atoms with van der Waals surface area (Å²) in [6, 6.07) is 10.5. The number of benzene rings is 2. The lowest BCUT2D eigenvalue weighted by Gasteiger charge is -2.03. The van der Waals surface area contributed by atoms with Gasteiger partial charge in [0.15, 0.2) is 5.78 Å². The maximum atomic E-state index is 12.0. The molecule has 0 aromatic heterocycles. The van der Waals surface area contributed by atoms with Crippen molar-refractivity contribution in [3.8, 4) is 11.5 Å². The van der Waals surface area contributed by atoms with Crippen LogP contribution in [-0.2, 0) is 0 Å². The smallest absolute Gasteiger partial charge is 0.335 e. The van der Waals surface area contributed by atoms with Crippen molar-refractivity contribution >= 4 is 17.8 Å². The number of hydrogen-bond acceptors (Lipinski definition) is 4. The van der Waals surface area contributed by atoms with Crippen LogP contribution in [0.5, 0.6) is 11.5 Å².